The minimum atomic E-state index is -0.592. The Morgan fingerprint density at radius 1 is 1.11 bits per heavy atom. The number of esters is 1. The molecule has 0 saturated carbocycles. The molecule has 0 unspecified atom stereocenters. The van der Waals surface area contributed by atoms with E-state index in [9.17, 15) is 9.59 Å². The van der Waals surface area contributed by atoms with E-state index < -0.39 is 5.97 Å². The van der Waals surface area contributed by atoms with E-state index in [2.05, 4.69) is 5.10 Å². The Hall–Kier alpha value is -2.86. The number of aromatic nitrogens is 2. The maximum atomic E-state index is 12.5. The summed E-state index contributed by atoms with van der Waals surface area (Å²) < 4.78 is 12.1. The fraction of sp³-hybridized carbons (Fsp3) is 0.250. The van der Waals surface area contributed by atoms with Crippen LogP contribution in [0.1, 0.15) is 23.8 Å². The molecular weight excluding hydrogens is 368 g/mol. The number of ether oxygens (including phenoxy) is 2. The molecule has 0 saturated heterocycles. The molecule has 0 aliphatic rings. The highest BCUT2D eigenvalue weighted by Gasteiger charge is 2.17. The summed E-state index contributed by atoms with van der Waals surface area (Å²) in [5.41, 5.74) is -0.0882. The van der Waals surface area contributed by atoms with Crippen LogP contribution in [0.15, 0.2) is 53.3 Å². The predicted octanol–water partition coefficient (Wildman–Crippen LogP) is 3.70. The van der Waals surface area contributed by atoms with Crippen LogP contribution in [-0.2, 0) is 11.3 Å². The van der Waals surface area contributed by atoms with Crippen LogP contribution in [-0.4, -0.2) is 29.0 Å². The van der Waals surface area contributed by atoms with E-state index in [4.69, 9.17) is 21.1 Å². The number of rotatable bonds is 7. The van der Waals surface area contributed by atoms with Crippen LogP contribution in [0.3, 0.4) is 0 Å². The first-order valence-corrected chi connectivity index (χ1v) is 9.03. The van der Waals surface area contributed by atoms with Crippen molar-refractivity contribution in [3.05, 3.63) is 69.6 Å². The first-order valence-electron chi connectivity index (χ1n) is 8.65. The van der Waals surface area contributed by atoms with E-state index in [0.717, 1.165) is 6.42 Å². The van der Waals surface area contributed by atoms with Crippen molar-refractivity contribution in [2.45, 2.75) is 19.9 Å². The number of hydrogen-bond acceptors (Lipinski definition) is 5. The highest BCUT2D eigenvalue weighted by molar-refractivity contribution is 6.30. The van der Waals surface area contributed by atoms with Gasteiger partial charge in [-0.1, -0.05) is 42.8 Å². The summed E-state index contributed by atoms with van der Waals surface area (Å²) in [5, 5.41) is 5.71. The smallest absolute Gasteiger partial charge is 0.359 e. The Morgan fingerprint density at radius 2 is 1.89 bits per heavy atom. The number of aryl methyl sites for hydroxylation is 1. The molecule has 1 aromatic heterocycles. The molecule has 0 spiro atoms. The third kappa shape index (κ3) is 4.46. The molecule has 0 aliphatic heterocycles. The largest absolute Gasteiger partial charge is 0.490 e. The van der Waals surface area contributed by atoms with Gasteiger partial charge in [-0.05, 0) is 30.7 Å². The Kier molecular flexibility index (Phi) is 6.08. The maximum Gasteiger partial charge on any atom is 0.359 e. The van der Waals surface area contributed by atoms with Crippen molar-refractivity contribution < 1.29 is 14.3 Å². The first-order chi connectivity index (χ1) is 13.1. The lowest BCUT2D eigenvalue weighted by Gasteiger charge is -2.11. The van der Waals surface area contributed by atoms with Gasteiger partial charge in [-0.3, -0.25) is 4.79 Å². The summed E-state index contributed by atoms with van der Waals surface area (Å²) in [5.74, 6) is 0.00404. The molecule has 0 bridgehead atoms. The molecule has 0 atom stereocenters. The summed E-state index contributed by atoms with van der Waals surface area (Å²) >= 11 is 5.90. The molecule has 0 amide bonds. The minimum absolute atomic E-state index is 0.0499. The third-order valence-electron chi connectivity index (χ3n) is 3.88. The van der Waals surface area contributed by atoms with Crippen LogP contribution < -0.4 is 10.3 Å². The molecule has 2 aromatic carbocycles. The van der Waals surface area contributed by atoms with Crippen LogP contribution in [0, 0.1) is 0 Å². The van der Waals surface area contributed by atoms with Crippen LogP contribution >= 0.6 is 11.6 Å². The fourth-order valence-corrected chi connectivity index (χ4v) is 2.85. The molecule has 140 valence electrons. The summed E-state index contributed by atoms with van der Waals surface area (Å²) in [6.45, 7) is 2.60. The molecular formula is C20H19ClN2O4. The molecule has 0 fully saturated rings. The Morgan fingerprint density at radius 3 is 2.63 bits per heavy atom. The number of nitrogens with zero attached hydrogens (tertiary/aromatic N) is 2. The van der Waals surface area contributed by atoms with Crippen LogP contribution in [0.2, 0.25) is 5.02 Å². The second-order valence-corrected chi connectivity index (χ2v) is 6.30. The van der Waals surface area contributed by atoms with Crippen molar-refractivity contribution >= 4 is 28.3 Å². The first kappa shape index (κ1) is 18.9. The summed E-state index contributed by atoms with van der Waals surface area (Å²) in [4.78, 5) is 25.0. The van der Waals surface area contributed by atoms with E-state index in [1.165, 1.54) is 4.68 Å². The Bertz CT molecular complexity index is 1020. The predicted molar refractivity (Wildman–Crippen MR) is 104 cm³/mol. The van der Waals surface area contributed by atoms with Gasteiger partial charge in [0.2, 0.25) is 0 Å². The minimum Gasteiger partial charge on any atom is -0.490 e. The van der Waals surface area contributed by atoms with Gasteiger partial charge >= 0.3 is 5.97 Å². The maximum absolute atomic E-state index is 12.5. The zero-order valence-corrected chi connectivity index (χ0v) is 15.6. The highest BCUT2D eigenvalue weighted by atomic mass is 35.5. The lowest BCUT2D eigenvalue weighted by molar-refractivity contribution is 0.0443. The molecule has 0 aliphatic carbocycles. The average Bonchev–Trinajstić information content (AvgIpc) is 2.67. The van der Waals surface area contributed by atoms with E-state index in [1.807, 2.05) is 6.92 Å². The van der Waals surface area contributed by atoms with Gasteiger partial charge in [0, 0.05) is 17.0 Å². The topological polar surface area (TPSA) is 70.4 Å². The van der Waals surface area contributed by atoms with E-state index >= 15 is 0 Å². The second kappa shape index (κ2) is 8.68. The SMILES string of the molecule is CCCn1nc(C(=O)OCCOc2cccc(Cl)c2)c2ccccc2c1=O. The number of carbonyl (C=O) groups is 1. The zero-order valence-electron chi connectivity index (χ0n) is 14.9. The van der Waals surface area contributed by atoms with Gasteiger partial charge in [-0.25, -0.2) is 9.48 Å². The highest BCUT2D eigenvalue weighted by Crippen LogP contribution is 2.17. The summed E-state index contributed by atoms with van der Waals surface area (Å²) in [6.07, 6.45) is 0.729. The Labute approximate surface area is 161 Å². The van der Waals surface area contributed by atoms with Crippen LogP contribution in [0.25, 0.3) is 10.8 Å². The molecule has 0 radical (unpaired) electrons. The molecule has 27 heavy (non-hydrogen) atoms. The van der Waals surface area contributed by atoms with Crippen molar-refractivity contribution in [1.82, 2.24) is 9.78 Å². The number of halogens is 1. The zero-order chi connectivity index (χ0) is 19.2. The van der Waals surface area contributed by atoms with Crippen molar-refractivity contribution in [2.24, 2.45) is 0 Å². The van der Waals surface area contributed by atoms with Gasteiger partial charge < -0.3 is 9.47 Å². The molecule has 6 nitrogen and oxygen atoms in total. The quantitative estimate of drug-likeness (QED) is 0.457. The number of benzene rings is 2. The second-order valence-electron chi connectivity index (χ2n) is 5.86. The molecule has 1 heterocycles. The lowest BCUT2D eigenvalue weighted by atomic mass is 10.1. The number of carbonyl (C=O) groups excluding carboxylic acids is 1. The van der Waals surface area contributed by atoms with Gasteiger partial charge in [-0.15, -0.1) is 0 Å². The number of hydrogen-bond donors (Lipinski definition) is 0. The van der Waals surface area contributed by atoms with Gasteiger partial charge in [0.05, 0.1) is 5.39 Å². The van der Waals surface area contributed by atoms with Crippen molar-refractivity contribution in [3.63, 3.8) is 0 Å². The normalized spacial score (nSPS) is 10.7. The monoisotopic (exact) mass is 386 g/mol. The summed E-state index contributed by atoms with van der Waals surface area (Å²) in [7, 11) is 0. The number of fused-ring (bicyclic) bond motifs is 1. The van der Waals surface area contributed by atoms with Crippen LogP contribution in [0.5, 0.6) is 5.75 Å². The average molecular weight is 387 g/mol. The van der Waals surface area contributed by atoms with E-state index in [0.29, 0.717) is 28.1 Å². The Balaban J connectivity index is 1.73. The van der Waals surface area contributed by atoms with Crippen molar-refractivity contribution in [1.29, 1.82) is 0 Å². The molecule has 0 N–H and O–H groups in total. The fourth-order valence-electron chi connectivity index (χ4n) is 2.67. The standard InChI is InChI=1S/C20H19ClN2O4/c1-2-10-23-19(24)17-9-4-3-8-16(17)18(22-23)20(25)27-12-11-26-15-7-5-6-14(21)13-15/h3-9,13H,2,10-12H2,1H3. The lowest BCUT2D eigenvalue weighted by Crippen LogP contribution is -2.26. The van der Waals surface area contributed by atoms with Gasteiger partial charge in [0.1, 0.15) is 19.0 Å². The van der Waals surface area contributed by atoms with Crippen LogP contribution in [0.4, 0.5) is 0 Å². The van der Waals surface area contributed by atoms with E-state index in [1.54, 1.807) is 48.5 Å². The van der Waals surface area contributed by atoms with E-state index in [-0.39, 0.29) is 24.5 Å². The molecule has 3 aromatic rings. The van der Waals surface area contributed by atoms with Gasteiger partial charge in [0.15, 0.2) is 5.69 Å². The van der Waals surface area contributed by atoms with Crippen molar-refractivity contribution in [3.8, 4) is 5.75 Å². The van der Waals surface area contributed by atoms with Crippen molar-refractivity contribution in [2.75, 3.05) is 13.2 Å². The van der Waals surface area contributed by atoms with Gasteiger partial charge in [0.25, 0.3) is 5.56 Å². The third-order valence-corrected chi connectivity index (χ3v) is 4.11. The summed E-state index contributed by atoms with van der Waals surface area (Å²) in [6, 6.07) is 13.9. The van der Waals surface area contributed by atoms with Gasteiger partial charge in [-0.2, -0.15) is 5.10 Å². The molecule has 7 heteroatoms. The molecule has 3 rings (SSSR count).